The van der Waals surface area contributed by atoms with Crippen LogP contribution in [0.15, 0.2) is 36.5 Å². The van der Waals surface area contributed by atoms with Crippen molar-refractivity contribution >= 4 is 5.91 Å². The quantitative estimate of drug-likeness (QED) is 0.0308. The summed E-state index contributed by atoms with van der Waals surface area (Å²) < 4.78 is 0. The number of allylic oxidation sites excluding steroid dienone is 6. The molecule has 0 rings (SSSR count). The summed E-state index contributed by atoms with van der Waals surface area (Å²) in [6.45, 7) is 4.10. The van der Waals surface area contributed by atoms with Crippen LogP contribution < -0.4 is 5.32 Å². The Morgan fingerprint density at radius 3 is 0.797 bits per heavy atom. The van der Waals surface area contributed by atoms with Crippen LogP contribution in [0.1, 0.15) is 393 Å². The minimum absolute atomic E-state index is 0.362. The zero-order valence-electron chi connectivity index (χ0n) is 53.4. The number of unbranched alkanes of at least 4 members (excludes halogenated alkanes) is 52. The van der Waals surface area contributed by atoms with Gasteiger partial charge in [0.15, 0.2) is 0 Å². The molecule has 4 atom stereocenters. The van der Waals surface area contributed by atoms with Gasteiger partial charge in [0.1, 0.15) is 12.2 Å². The maximum Gasteiger partial charge on any atom is 0.249 e. The maximum absolute atomic E-state index is 12.7. The second-order valence-electron chi connectivity index (χ2n) is 24.9. The van der Waals surface area contributed by atoms with Gasteiger partial charge < -0.3 is 25.7 Å². The highest BCUT2D eigenvalue weighted by Crippen LogP contribution is 2.19. The number of hydrogen-bond acceptors (Lipinski definition) is 5. The van der Waals surface area contributed by atoms with E-state index in [2.05, 4.69) is 55.6 Å². The first-order valence-corrected chi connectivity index (χ1v) is 35.9. The molecular formula is C73H141NO5. The van der Waals surface area contributed by atoms with Crippen molar-refractivity contribution in [2.45, 2.75) is 417 Å². The van der Waals surface area contributed by atoms with Crippen LogP contribution in [0.4, 0.5) is 0 Å². The van der Waals surface area contributed by atoms with Crippen LogP contribution in [0.25, 0.3) is 0 Å². The van der Waals surface area contributed by atoms with Gasteiger partial charge >= 0.3 is 0 Å². The molecule has 0 aromatic heterocycles. The molecule has 0 aromatic rings. The van der Waals surface area contributed by atoms with Gasteiger partial charge in [-0.3, -0.25) is 4.79 Å². The third-order valence-corrected chi connectivity index (χ3v) is 17.1. The van der Waals surface area contributed by atoms with Crippen LogP contribution in [0.3, 0.4) is 0 Å². The molecule has 5 N–H and O–H groups in total. The maximum atomic E-state index is 12.7. The van der Waals surface area contributed by atoms with Crippen molar-refractivity contribution in [2.75, 3.05) is 6.61 Å². The van der Waals surface area contributed by atoms with Crippen LogP contribution >= 0.6 is 0 Å². The second kappa shape index (κ2) is 67.3. The van der Waals surface area contributed by atoms with Gasteiger partial charge in [-0.25, -0.2) is 0 Å². The lowest BCUT2D eigenvalue weighted by Crippen LogP contribution is -2.53. The first-order valence-electron chi connectivity index (χ1n) is 35.9. The number of carbonyl (C=O) groups excluding carboxylic acids is 1. The van der Waals surface area contributed by atoms with Gasteiger partial charge in [-0.15, -0.1) is 0 Å². The molecule has 0 spiro atoms. The summed E-state index contributed by atoms with van der Waals surface area (Å²) in [6.07, 6.45) is 87.1. The SMILES string of the molecule is CCCCCCCCCCCCCCCC/C=C\CCCCCCCCCCCCCCCCCCC(O)C(=O)NC(CO)C(O)C(O)CCC/C=C/CC/C=C/CCCCCCCCCCCCCCCCCCCCCC. The van der Waals surface area contributed by atoms with E-state index in [9.17, 15) is 25.2 Å². The van der Waals surface area contributed by atoms with Gasteiger partial charge in [0.05, 0.1) is 18.8 Å². The molecule has 0 fully saturated rings. The third kappa shape index (κ3) is 60.9. The summed E-state index contributed by atoms with van der Waals surface area (Å²) in [4.78, 5) is 12.7. The summed E-state index contributed by atoms with van der Waals surface area (Å²) in [5.74, 6) is -0.591. The Balaban J connectivity index is 3.58. The lowest BCUT2D eigenvalue weighted by molar-refractivity contribution is -0.132. The molecule has 0 bridgehead atoms. The Labute approximate surface area is 494 Å². The zero-order valence-corrected chi connectivity index (χ0v) is 53.4. The van der Waals surface area contributed by atoms with Gasteiger partial charge in [-0.1, -0.05) is 352 Å². The number of aliphatic hydroxyl groups excluding tert-OH is 4. The fourth-order valence-electron chi connectivity index (χ4n) is 11.5. The average molecular weight is 1110 g/mol. The molecule has 0 radical (unpaired) electrons. The fourth-order valence-corrected chi connectivity index (χ4v) is 11.5. The molecule has 79 heavy (non-hydrogen) atoms. The normalized spacial score (nSPS) is 13.6. The van der Waals surface area contributed by atoms with Crippen molar-refractivity contribution in [3.8, 4) is 0 Å². The highest BCUT2D eigenvalue weighted by atomic mass is 16.3. The molecule has 0 heterocycles. The predicted molar refractivity (Wildman–Crippen MR) is 348 cm³/mol. The number of rotatable bonds is 67. The lowest BCUT2D eigenvalue weighted by Gasteiger charge is -2.27. The van der Waals surface area contributed by atoms with E-state index < -0.39 is 36.9 Å². The Hall–Kier alpha value is -1.47. The minimum atomic E-state index is -1.29. The number of hydrogen-bond donors (Lipinski definition) is 5. The number of carbonyl (C=O) groups is 1. The Morgan fingerprint density at radius 2 is 0.532 bits per heavy atom. The second-order valence-corrected chi connectivity index (χ2v) is 24.9. The molecule has 468 valence electrons. The molecule has 0 saturated heterocycles. The first kappa shape index (κ1) is 77.5. The van der Waals surface area contributed by atoms with E-state index in [0.29, 0.717) is 19.3 Å². The van der Waals surface area contributed by atoms with Crippen molar-refractivity contribution in [1.29, 1.82) is 0 Å². The summed E-state index contributed by atoms with van der Waals surface area (Å²) in [7, 11) is 0. The standard InChI is InChI=1S/C73H141NO5/c1-3-5-7-9-11-13-15-17-19-21-23-25-27-29-31-33-34-35-36-37-39-41-43-45-47-49-51-53-55-57-59-61-63-65-67-71(77)73(79)74-69(68-75)72(78)70(76)66-64-62-60-58-56-54-52-50-48-46-44-42-40-38-32-30-28-26-24-22-20-18-16-14-12-10-8-6-4-2/h33-34,50,52,58,60,69-72,75-78H,3-32,35-49,51,53-57,59,61-68H2,1-2H3,(H,74,79)/b34-33-,52-50+,60-58+. The molecule has 6 nitrogen and oxygen atoms in total. The molecule has 0 aliphatic rings. The van der Waals surface area contributed by atoms with Crippen LogP contribution in [-0.2, 0) is 4.79 Å². The van der Waals surface area contributed by atoms with Gasteiger partial charge in [0.25, 0.3) is 0 Å². The third-order valence-electron chi connectivity index (χ3n) is 17.1. The van der Waals surface area contributed by atoms with Gasteiger partial charge in [-0.05, 0) is 77.0 Å². The van der Waals surface area contributed by atoms with Crippen molar-refractivity contribution in [1.82, 2.24) is 5.32 Å². The van der Waals surface area contributed by atoms with Crippen molar-refractivity contribution < 1.29 is 25.2 Å². The summed E-state index contributed by atoms with van der Waals surface area (Å²) in [5.41, 5.74) is 0. The molecule has 0 aliphatic heterocycles. The van der Waals surface area contributed by atoms with Gasteiger partial charge in [0, 0.05) is 0 Å². The molecule has 6 heteroatoms. The smallest absolute Gasteiger partial charge is 0.249 e. The molecule has 0 aromatic carbocycles. The van der Waals surface area contributed by atoms with Crippen molar-refractivity contribution in [3.63, 3.8) is 0 Å². The van der Waals surface area contributed by atoms with E-state index in [4.69, 9.17) is 0 Å². The minimum Gasteiger partial charge on any atom is -0.394 e. The first-order chi connectivity index (χ1) is 39.0. The number of nitrogens with one attached hydrogen (secondary N) is 1. The molecular weight excluding hydrogens is 971 g/mol. The summed E-state index contributed by atoms with van der Waals surface area (Å²) in [6, 6.07) is -1.01. The van der Waals surface area contributed by atoms with Crippen LogP contribution in [0.2, 0.25) is 0 Å². The summed E-state index contributed by atoms with van der Waals surface area (Å²) in [5, 5.41) is 44.2. The van der Waals surface area contributed by atoms with Gasteiger partial charge in [0.2, 0.25) is 5.91 Å². The molecule has 0 aliphatic carbocycles. The fraction of sp³-hybridized carbons (Fsp3) is 0.904. The lowest BCUT2D eigenvalue weighted by atomic mass is 10.00. The highest BCUT2D eigenvalue weighted by Gasteiger charge is 2.28. The average Bonchev–Trinajstić information content (AvgIpc) is 3.45. The Bertz CT molecular complexity index is 1250. The van der Waals surface area contributed by atoms with Crippen molar-refractivity contribution in [2.24, 2.45) is 0 Å². The predicted octanol–water partition coefficient (Wildman–Crippen LogP) is 22.3. The topological polar surface area (TPSA) is 110 Å². The van der Waals surface area contributed by atoms with E-state index in [1.807, 2.05) is 0 Å². The van der Waals surface area contributed by atoms with E-state index >= 15 is 0 Å². The zero-order chi connectivity index (χ0) is 57.3. The largest absolute Gasteiger partial charge is 0.394 e. The molecule has 1 amide bonds. The highest BCUT2D eigenvalue weighted by molar-refractivity contribution is 5.80. The van der Waals surface area contributed by atoms with E-state index in [0.717, 1.165) is 38.5 Å². The Morgan fingerprint density at radius 1 is 0.304 bits per heavy atom. The summed E-state index contributed by atoms with van der Waals surface area (Å²) >= 11 is 0. The number of amides is 1. The van der Waals surface area contributed by atoms with E-state index in [-0.39, 0.29) is 0 Å². The van der Waals surface area contributed by atoms with Gasteiger partial charge in [-0.2, -0.15) is 0 Å². The van der Waals surface area contributed by atoms with Crippen molar-refractivity contribution in [3.05, 3.63) is 36.5 Å². The monoisotopic (exact) mass is 1110 g/mol. The molecule has 4 unspecified atom stereocenters. The number of aliphatic hydroxyl groups is 4. The van der Waals surface area contributed by atoms with E-state index in [1.165, 1.54) is 321 Å². The van der Waals surface area contributed by atoms with Crippen LogP contribution in [0.5, 0.6) is 0 Å². The molecule has 0 saturated carbocycles. The van der Waals surface area contributed by atoms with E-state index in [1.54, 1.807) is 0 Å². The van der Waals surface area contributed by atoms with Crippen LogP contribution in [-0.4, -0.2) is 57.3 Å². The van der Waals surface area contributed by atoms with Crippen LogP contribution in [0, 0.1) is 0 Å². The Kier molecular flexibility index (Phi) is 66.1.